The summed E-state index contributed by atoms with van der Waals surface area (Å²) in [5.74, 6) is 0.415. The molecule has 0 spiro atoms. The van der Waals surface area contributed by atoms with Gasteiger partial charge in [-0.2, -0.15) is 0 Å². The van der Waals surface area contributed by atoms with Crippen LogP contribution in [0.2, 0.25) is 0 Å². The standard InChI is InChI=1S/C23H28N2O3S/c1-4-17-9-8-12-19(13-17)24-23(27)25-20(22(26)28-14-16(2)3)15-29-21(25)18-10-6-5-7-11-18/h5-13,16,20-21H,4,14-15H2,1-3H3,(H,24,27). The number of esters is 1. The highest BCUT2D eigenvalue weighted by atomic mass is 32.2. The number of benzene rings is 2. The molecule has 0 saturated carbocycles. The van der Waals surface area contributed by atoms with Gasteiger partial charge in [0.15, 0.2) is 0 Å². The van der Waals surface area contributed by atoms with Crippen molar-refractivity contribution < 1.29 is 14.3 Å². The van der Waals surface area contributed by atoms with E-state index in [1.54, 1.807) is 16.7 Å². The summed E-state index contributed by atoms with van der Waals surface area (Å²) in [6, 6.07) is 16.7. The van der Waals surface area contributed by atoms with Gasteiger partial charge in [0.25, 0.3) is 0 Å². The Morgan fingerprint density at radius 2 is 1.93 bits per heavy atom. The Morgan fingerprint density at radius 1 is 1.17 bits per heavy atom. The van der Waals surface area contributed by atoms with Gasteiger partial charge in [-0.05, 0) is 35.6 Å². The Bertz CT molecular complexity index is 841. The highest BCUT2D eigenvalue weighted by Gasteiger charge is 2.43. The molecular weight excluding hydrogens is 384 g/mol. The molecule has 1 aliphatic rings. The maximum absolute atomic E-state index is 13.2. The van der Waals surface area contributed by atoms with Crippen LogP contribution in [0, 0.1) is 5.92 Å². The normalized spacial score (nSPS) is 18.7. The molecular formula is C23H28N2O3S. The molecule has 1 heterocycles. The van der Waals surface area contributed by atoms with E-state index in [2.05, 4.69) is 12.2 Å². The number of thioether (sulfide) groups is 1. The van der Waals surface area contributed by atoms with Crippen molar-refractivity contribution in [3.8, 4) is 0 Å². The number of aryl methyl sites for hydroxylation is 1. The fourth-order valence-corrected chi connectivity index (χ4v) is 4.63. The maximum atomic E-state index is 13.2. The van der Waals surface area contributed by atoms with E-state index in [1.807, 2.05) is 68.4 Å². The Balaban J connectivity index is 1.83. The Labute approximate surface area is 176 Å². The predicted octanol–water partition coefficient (Wildman–Crippen LogP) is 5.10. The summed E-state index contributed by atoms with van der Waals surface area (Å²) < 4.78 is 5.46. The zero-order valence-corrected chi connectivity index (χ0v) is 17.9. The summed E-state index contributed by atoms with van der Waals surface area (Å²) in [6.45, 7) is 6.41. The van der Waals surface area contributed by atoms with Crippen molar-refractivity contribution in [2.24, 2.45) is 5.92 Å². The lowest BCUT2D eigenvalue weighted by Gasteiger charge is -2.29. The van der Waals surface area contributed by atoms with E-state index in [-0.39, 0.29) is 23.3 Å². The maximum Gasteiger partial charge on any atom is 0.329 e. The quantitative estimate of drug-likeness (QED) is 0.671. The lowest BCUT2D eigenvalue weighted by molar-refractivity contribution is -0.149. The summed E-state index contributed by atoms with van der Waals surface area (Å²) in [4.78, 5) is 27.6. The lowest BCUT2D eigenvalue weighted by Crippen LogP contribution is -2.46. The first-order chi connectivity index (χ1) is 14.0. The largest absolute Gasteiger partial charge is 0.464 e. The molecule has 3 rings (SSSR count). The van der Waals surface area contributed by atoms with Gasteiger partial charge in [-0.25, -0.2) is 9.59 Å². The van der Waals surface area contributed by atoms with Crippen LogP contribution in [0.25, 0.3) is 0 Å². The number of anilines is 1. The molecule has 0 aromatic heterocycles. The Morgan fingerprint density at radius 3 is 2.62 bits per heavy atom. The van der Waals surface area contributed by atoms with Crippen molar-refractivity contribution in [1.82, 2.24) is 4.90 Å². The van der Waals surface area contributed by atoms with Gasteiger partial charge in [-0.3, -0.25) is 4.90 Å². The van der Waals surface area contributed by atoms with Gasteiger partial charge >= 0.3 is 12.0 Å². The molecule has 0 bridgehead atoms. The van der Waals surface area contributed by atoms with Crippen LogP contribution in [0.4, 0.5) is 10.5 Å². The highest BCUT2D eigenvalue weighted by Crippen LogP contribution is 2.42. The van der Waals surface area contributed by atoms with E-state index in [0.717, 1.165) is 23.2 Å². The van der Waals surface area contributed by atoms with Crippen LogP contribution in [-0.4, -0.2) is 35.3 Å². The molecule has 1 aliphatic heterocycles. The Kier molecular flexibility index (Phi) is 7.20. The van der Waals surface area contributed by atoms with E-state index < -0.39 is 6.04 Å². The second-order valence-electron chi connectivity index (χ2n) is 7.53. The molecule has 2 unspecified atom stereocenters. The number of urea groups is 1. The molecule has 0 radical (unpaired) electrons. The van der Waals surface area contributed by atoms with Gasteiger partial charge < -0.3 is 10.1 Å². The summed E-state index contributed by atoms with van der Waals surface area (Å²) in [5.41, 5.74) is 2.87. The van der Waals surface area contributed by atoms with Gasteiger partial charge in [-0.1, -0.05) is 63.2 Å². The predicted molar refractivity (Wildman–Crippen MR) is 118 cm³/mol. The van der Waals surface area contributed by atoms with Gasteiger partial charge in [-0.15, -0.1) is 11.8 Å². The topological polar surface area (TPSA) is 58.6 Å². The van der Waals surface area contributed by atoms with Crippen LogP contribution in [0.5, 0.6) is 0 Å². The Hall–Kier alpha value is -2.47. The van der Waals surface area contributed by atoms with Crippen LogP contribution in [0.3, 0.4) is 0 Å². The third-order valence-corrected chi connectivity index (χ3v) is 6.06. The SMILES string of the molecule is CCc1cccc(NC(=O)N2C(C(=O)OCC(C)C)CSC2c2ccccc2)c1. The van der Waals surface area contributed by atoms with E-state index in [1.165, 1.54) is 0 Å². The number of carbonyl (C=O) groups is 2. The van der Waals surface area contributed by atoms with Crippen LogP contribution >= 0.6 is 11.8 Å². The summed E-state index contributed by atoms with van der Waals surface area (Å²) in [6.07, 6.45) is 0.889. The van der Waals surface area contributed by atoms with Gasteiger partial charge in [0.05, 0.1) is 6.61 Å². The van der Waals surface area contributed by atoms with Crippen molar-refractivity contribution in [2.75, 3.05) is 17.7 Å². The van der Waals surface area contributed by atoms with Crippen LogP contribution < -0.4 is 5.32 Å². The van der Waals surface area contributed by atoms with Crippen LogP contribution in [0.15, 0.2) is 54.6 Å². The second kappa shape index (κ2) is 9.83. The number of nitrogens with one attached hydrogen (secondary N) is 1. The average molecular weight is 413 g/mol. The van der Waals surface area contributed by atoms with Gasteiger partial charge in [0, 0.05) is 11.4 Å². The molecule has 154 valence electrons. The van der Waals surface area contributed by atoms with Crippen molar-refractivity contribution in [1.29, 1.82) is 0 Å². The molecule has 1 saturated heterocycles. The minimum absolute atomic E-state index is 0.234. The second-order valence-corrected chi connectivity index (χ2v) is 8.64. The molecule has 6 heteroatoms. The minimum atomic E-state index is -0.613. The number of ether oxygens (including phenoxy) is 1. The molecule has 1 fully saturated rings. The fraction of sp³-hybridized carbons (Fsp3) is 0.391. The van der Waals surface area contributed by atoms with Gasteiger partial charge in [0.1, 0.15) is 11.4 Å². The summed E-state index contributed by atoms with van der Waals surface area (Å²) in [5, 5.41) is 2.74. The fourth-order valence-electron chi connectivity index (χ4n) is 3.21. The number of hydrogen-bond donors (Lipinski definition) is 1. The lowest BCUT2D eigenvalue weighted by atomic mass is 10.1. The molecule has 29 heavy (non-hydrogen) atoms. The zero-order valence-electron chi connectivity index (χ0n) is 17.1. The molecule has 2 atom stereocenters. The molecule has 2 amide bonds. The van der Waals surface area contributed by atoms with Crippen molar-refractivity contribution in [2.45, 2.75) is 38.6 Å². The number of carbonyl (C=O) groups excluding carboxylic acids is 2. The third kappa shape index (κ3) is 5.32. The number of hydrogen-bond acceptors (Lipinski definition) is 4. The third-order valence-electron chi connectivity index (χ3n) is 4.74. The smallest absolute Gasteiger partial charge is 0.329 e. The van der Waals surface area contributed by atoms with Crippen molar-refractivity contribution in [3.63, 3.8) is 0 Å². The first kappa shape index (κ1) is 21.2. The van der Waals surface area contributed by atoms with E-state index >= 15 is 0 Å². The zero-order chi connectivity index (χ0) is 20.8. The number of nitrogens with zero attached hydrogens (tertiary/aromatic N) is 1. The average Bonchev–Trinajstić information content (AvgIpc) is 3.18. The summed E-state index contributed by atoms with van der Waals surface area (Å²) >= 11 is 1.59. The first-order valence-corrected chi connectivity index (χ1v) is 11.1. The van der Waals surface area contributed by atoms with E-state index in [9.17, 15) is 9.59 Å². The molecule has 5 nitrogen and oxygen atoms in total. The van der Waals surface area contributed by atoms with E-state index in [0.29, 0.717) is 12.4 Å². The van der Waals surface area contributed by atoms with Crippen LogP contribution in [0.1, 0.15) is 37.3 Å². The van der Waals surface area contributed by atoms with Crippen LogP contribution in [-0.2, 0) is 16.0 Å². The first-order valence-electron chi connectivity index (χ1n) is 10.0. The van der Waals surface area contributed by atoms with Gasteiger partial charge in [0.2, 0.25) is 0 Å². The molecule has 2 aromatic rings. The number of amides is 2. The summed E-state index contributed by atoms with van der Waals surface area (Å²) in [7, 11) is 0. The van der Waals surface area contributed by atoms with Crippen molar-refractivity contribution >= 4 is 29.4 Å². The molecule has 0 aliphatic carbocycles. The molecule has 2 aromatic carbocycles. The highest BCUT2D eigenvalue weighted by molar-refractivity contribution is 7.99. The molecule has 1 N–H and O–H groups in total. The van der Waals surface area contributed by atoms with E-state index in [4.69, 9.17) is 4.74 Å². The minimum Gasteiger partial charge on any atom is -0.464 e. The van der Waals surface area contributed by atoms with Crippen molar-refractivity contribution in [3.05, 3.63) is 65.7 Å². The number of rotatable bonds is 6. The monoisotopic (exact) mass is 412 g/mol.